The van der Waals surface area contributed by atoms with E-state index in [4.69, 9.17) is 0 Å². The third-order valence-electron chi connectivity index (χ3n) is 2.57. The summed E-state index contributed by atoms with van der Waals surface area (Å²) >= 11 is 0. The number of nitrogens with zero attached hydrogens (tertiary/aromatic N) is 3. The van der Waals surface area contributed by atoms with Crippen LogP contribution in [0.3, 0.4) is 0 Å². The van der Waals surface area contributed by atoms with Crippen LogP contribution in [-0.4, -0.2) is 20.5 Å². The zero-order valence-corrected chi connectivity index (χ0v) is 11.1. The first-order chi connectivity index (χ1) is 8.87. The van der Waals surface area contributed by atoms with E-state index in [1.807, 2.05) is 20.8 Å². The van der Waals surface area contributed by atoms with E-state index < -0.39 is 11.6 Å². The van der Waals surface area contributed by atoms with Gasteiger partial charge in [0.05, 0.1) is 17.6 Å². The van der Waals surface area contributed by atoms with Crippen LogP contribution in [0.1, 0.15) is 26.5 Å². The standard InChI is InChI=1S/C13H16F2N4/c1-13(2,3)16-7-10-8-17-18-19(10)9-4-5-11(14)12(15)6-9/h4-6,8,16H,7H2,1-3H3. The Bertz CT molecular complexity index is 572. The third kappa shape index (κ3) is 3.35. The van der Waals surface area contributed by atoms with E-state index in [0.717, 1.165) is 17.8 Å². The fraction of sp³-hybridized carbons (Fsp3) is 0.385. The highest BCUT2D eigenvalue weighted by Crippen LogP contribution is 2.14. The molecule has 1 N–H and O–H groups in total. The van der Waals surface area contributed by atoms with Crippen LogP contribution in [0.4, 0.5) is 8.78 Å². The molecule has 0 aliphatic rings. The summed E-state index contributed by atoms with van der Waals surface area (Å²) in [7, 11) is 0. The number of nitrogens with one attached hydrogen (secondary N) is 1. The molecule has 0 atom stereocenters. The molecule has 0 saturated carbocycles. The number of hydrogen-bond donors (Lipinski definition) is 1. The van der Waals surface area contributed by atoms with Crippen molar-refractivity contribution in [3.05, 3.63) is 41.7 Å². The molecule has 0 radical (unpaired) electrons. The van der Waals surface area contributed by atoms with Crippen LogP contribution in [0.15, 0.2) is 24.4 Å². The quantitative estimate of drug-likeness (QED) is 0.927. The van der Waals surface area contributed by atoms with Crippen molar-refractivity contribution in [2.24, 2.45) is 0 Å². The molecule has 1 aromatic heterocycles. The van der Waals surface area contributed by atoms with Gasteiger partial charge in [0.2, 0.25) is 0 Å². The Kier molecular flexibility index (Phi) is 3.61. The van der Waals surface area contributed by atoms with Crippen molar-refractivity contribution < 1.29 is 8.78 Å². The lowest BCUT2D eigenvalue weighted by Gasteiger charge is -2.20. The van der Waals surface area contributed by atoms with Gasteiger partial charge in [-0.3, -0.25) is 0 Å². The molecule has 2 rings (SSSR count). The Morgan fingerprint density at radius 2 is 1.95 bits per heavy atom. The highest BCUT2D eigenvalue weighted by Gasteiger charge is 2.13. The van der Waals surface area contributed by atoms with Crippen LogP contribution >= 0.6 is 0 Å². The Morgan fingerprint density at radius 3 is 2.58 bits per heavy atom. The van der Waals surface area contributed by atoms with E-state index in [1.165, 1.54) is 10.7 Å². The third-order valence-corrected chi connectivity index (χ3v) is 2.57. The van der Waals surface area contributed by atoms with E-state index in [9.17, 15) is 8.78 Å². The second kappa shape index (κ2) is 5.05. The van der Waals surface area contributed by atoms with Gasteiger partial charge in [-0.1, -0.05) is 5.21 Å². The molecule has 0 aliphatic heterocycles. The van der Waals surface area contributed by atoms with Gasteiger partial charge in [-0.2, -0.15) is 0 Å². The molecule has 0 unspecified atom stereocenters. The smallest absolute Gasteiger partial charge is 0.160 e. The Morgan fingerprint density at radius 1 is 1.21 bits per heavy atom. The van der Waals surface area contributed by atoms with E-state index in [1.54, 1.807) is 6.20 Å². The predicted octanol–water partition coefficient (Wildman–Crippen LogP) is 2.43. The molecule has 2 aromatic rings. The molecule has 1 aromatic carbocycles. The highest BCUT2D eigenvalue weighted by atomic mass is 19.2. The number of benzene rings is 1. The fourth-order valence-corrected chi connectivity index (χ4v) is 1.57. The molecule has 102 valence electrons. The summed E-state index contributed by atoms with van der Waals surface area (Å²) in [5.41, 5.74) is 1.17. The van der Waals surface area contributed by atoms with E-state index in [2.05, 4.69) is 15.6 Å². The largest absolute Gasteiger partial charge is 0.306 e. The van der Waals surface area contributed by atoms with Gasteiger partial charge in [-0.05, 0) is 32.9 Å². The van der Waals surface area contributed by atoms with Crippen molar-refractivity contribution in [3.8, 4) is 5.69 Å². The number of hydrogen-bond acceptors (Lipinski definition) is 3. The molecular formula is C13H16F2N4. The number of rotatable bonds is 3. The summed E-state index contributed by atoms with van der Waals surface area (Å²) in [5.74, 6) is -1.78. The molecule has 0 amide bonds. The van der Waals surface area contributed by atoms with Gasteiger partial charge < -0.3 is 5.32 Å². The van der Waals surface area contributed by atoms with Gasteiger partial charge in [0.15, 0.2) is 11.6 Å². The zero-order valence-electron chi connectivity index (χ0n) is 11.1. The SMILES string of the molecule is CC(C)(C)NCc1cnnn1-c1ccc(F)c(F)c1. The van der Waals surface area contributed by atoms with E-state index in [0.29, 0.717) is 12.2 Å². The van der Waals surface area contributed by atoms with Gasteiger partial charge in [-0.15, -0.1) is 5.10 Å². The maximum atomic E-state index is 13.2. The molecule has 0 fully saturated rings. The summed E-state index contributed by atoms with van der Waals surface area (Å²) in [4.78, 5) is 0. The maximum Gasteiger partial charge on any atom is 0.160 e. The van der Waals surface area contributed by atoms with Crippen LogP contribution < -0.4 is 5.32 Å². The molecule has 19 heavy (non-hydrogen) atoms. The molecular weight excluding hydrogens is 250 g/mol. The molecule has 1 heterocycles. The second-order valence-corrected chi connectivity index (χ2v) is 5.34. The monoisotopic (exact) mass is 266 g/mol. The van der Waals surface area contributed by atoms with Gasteiger partial charge in [0.1, 0.15) is 0 Å². The summed E-state index contributed by atoms with van der Waals surface area (Å²) in [6.45, 7) is 6.66. The number of halogens is 2. The lowest BCUT2D eigenvalue weighted by Crippen LogP contribution is -2.35. The first kappa shape index (κ1) is 13.6. The predicted molar refractivity (Wildman–Crippen MR) is 67.9 cm³/mol. The van der Waals surface area contributed by atoms with Crippen LogP contribution in [0.25, 0.3) is 5.69 Å². The minimum atomic E-state index is -0.900. The second-order valence-electron chi connectivity index (χ2n) is 5.34. The Balaban J connectivity index is 2.26. The maximum absolute atomic E-state index is 13.2. The van der Waals surface area contributed by atoms with Crippen molar-refractivity contribution in [1.29, 1.82) is 0 Å². The van der Waals surface area contributed by atoms with Gasteiger partial charge >= 0.3 is 0 Å². The molecule has 0 bridgehead atoms. The highest BCUT2D eigenvalue weighted by molar-refractivity contribution is 5.33. The summed E-state index contributed by atoms with van der Waals surface area (Å²) in [6, 6.07) is 3.64. The van der Waals surface area contributed by atoms with E-state index >= 15 is 0 Å². The van der Waals surface area contributed by atoms with Crippen molar-refractivity contribution in [1.82, 2.24) is 20.3 Å². The van der Waals surface area contributed by atoms with E-state index in [-0.39, 0.29) is 5.54 Å². The Labute approximate surface area is 110 Å². The number of aromatic nitrogens is 3. The van der Waals surface area contributed by atoms with Crippen molar-refractivity contribution in [2.45, 2.75) is 32.9 Å². The summed E-state index contributed by atoms with van der Waals surface area (Å²) in [6.07, 6.45) is 1.60. The van der Waals surface area contributed by atoms with Gasteiger partial charge in [0, 0.05) is 18.2 Å². The lowest BCUT2D eigenvalue weighted by atomic mass is 10.1. The average molecular weight is 266 g/mol. The summed E-state index contributed by atoms with van der Waals surface area (Å²) < 4.78 is 27.6. The topological polar surface area (TPSA) is 42.7 Å². The zero-order chi connectivity index (χ0) is 14.0. The normalized spacial score (nSPS) is 11.8. The van der Waals surface area contributed by atoms with Crippen LogP contribution in [0.2, 0.25) is 0 Å². The molecule has 4 nitrogen and oxygen atoms in total. The first-order valence-electron chi connectivity index (χ1n) is 5.97. The molecule has 0 spiro atoms. The van der Waals surface area contributed by atoms with Crippen molar-refractivity contribution >= 4 is 0 Å². The minimum absolute atomic E-state index is 0.0524. The average Bonchev–Trinajstić information content (AvgIpc) is 2.77. The molecule has 0 saturated heterocycles. The van der Waals surface area contributed by atoms with Crippen LogP contribution in [0.5, 0.6) is 0 Å². The van der Waals surface area contributed by atoms with Gasteiger partial charge in [-0.25, -0.2) is 13.5 Å². The van der Waals surface area contributed by atoms with Crippen molar-refractivity contribution in [2.75, 3.05) is 0 Å². The van der Waals surface area contributed by atoms with Crippen molar-refractivity contribution in [3.63, 3.8) is 0 Å². The van der Waals surface area contributed by atoms with Crippen LogP contribution in [0, 0.1) is 11.6 Å². The fourth-order valence-electron chi connectivity index (χ4n) is 1.57. The first-order valence-corrected chi connectivity index (χ1v) is 5.97. The van der Waals surface area contributed by atoms with Crippen LogP contribution in [-0.2, 0) is 6.54 Å². The summed E-state index contributed by atoms with van der Waals surface area (Å²) in [5, 5.41) is 11.0. The minimum Gasteiger partial charge on any atom is -0.306 e. The lowest BCUT2D eigenvalue weighted by molar-refractivity contribution is 0.418. The molecule has 0 aliphatic carbocycles. The Hall–Kier alpha value is -1.82. The van der Waals surface area contributed by atoms with Gasteiger partial charge in [0.25, 0.3) is 0 Å². The molecule has 6 heteroatoms.